The molecule has 1 aliphatic heterocycles. The minimum absolute atomic E-state index is 0.139. The highest BCUT2D eigenvalue weighted by Crippen LogP contribution is 2.36. The number of phosphoric ester groups is 1. The maximum Gasteiger partial charge on any atom is 0.469 e. The lowest BCUT2D eigenvalue weighted by Crippen LogP contribution is -2.29. The van der Waals surface area contributed by atoms with Gasteiger partial charge in [0.1, 0.15) is 6.61 Å². The van der Waals surface area contributed by atoms with Crippen molar-refractivity contribution in [1.29, 1.82) is 0 Å². The molecule has 1 saturated heterocycles. The first kappa shape index (κ1) is 48.2. The molecule has 1 heterocycles. The first-order valence-electron chi connectivity index (χ1n) is 20.8. The Labute approximate surface area is 317 Å². The van der Waals surface area contributed by atoms with E-state index in [-0.39, 0.29) is 31.7 Å². The standard InChI is InChI=1S/C42H75O9P/c1-4-5-6-7-8-9-10-15-18-21-24-27-31-39-40(51-39)32-29-34-41(43)48-35-38(36-49-52(45,46)47)50-42(44)33-28-25-22-19-16-13-11-12-14-17-20-23-26-30-37(2)3/h8-9,15,18,24,27,37-40H,4-7,10-14,16-17,19-23,25-26,28-36H2,1-3H3,(H2,45,46,47)/b9-8-,18-15-,27-24-/t38-,39?,40?/m1/s1. The van der Waals surface area contributed by atoms with Gasteiger partial charge in [-0.05, 0) is 57.3 Å². The monoisotopic (exact) mass is 755 g/mol. The number of carbonyl (C=O) groups excluding carboxylic acids is 2. The van der Waals surface area contributed by atoms with E-state index < -0.39 is 32.5 Å². The molecule has 0 aromatic rings. The lowest BCUT2D eigenvalue weighted by Gasteiger charge is -2.18. The molecule has 0 aromatic heterocycles. The van der Waals surface area contributed by atoms with Gasteiger partial charge in [0.05, 0.1) is 18.8 Å². The van der Waals surface area contributed by atoms with Crippen molar-refractivity contribution < 1.29 is 42.7 Å². The minimum atomic E-state index is -4.77. The maximum absolute atomic E-state index is 12.4. The van der Waals surface area contributed by atoms with Crippen LogP contribution in [0.3, 0.4) is 0 Å². The summed E-state index contributed by atoms with van der Waals surface area (Å²) in [5.74, 6) is -0.139. The summed E-state index contributed by atoms with van der Waals surface area (Å²) >= 11 is 0. The molecule has 0 aromatic carbocycles. The lowest BCUT2D eigenvalue weighted by atomic mass is 10.0. The third kappa shape index (κ3) is 32.8. The van der Waals surface area contributed by atoms with Crippen LogP contribution in [-0.2, 0) is 32.9 Å². The highest BCUT2D eigenvalue weighted by atomic mass is 31.2. The van der Waals surface area contributed by atoms with Gasteiger partial charge in [-0.1, -0.05) is 154 Å². The average Bonchev–Trinajstić information content (AvgIpc) is 3.85. The van der Waals surface area contributed by atoms with E-state index in [1.54, 1.807) is 0 Å². The summed E-state index contributed by atoms with van der Waals surface area (Å²) in [6, 6.07) is 0. The Kier molecular flexibility index (Phi) is 30.3. The molecule has 302 valence electrons. The largest absolute Gasteiger partial charge is 0.469 e. The molecule has 2 N–H and O–H groups in total. The Morgan fingerprint density at radius 3 is 1.83 bits per heavy atom. The van der Waals surface area contributed by atoms with E-state index in [1.807, 2.05) is 0 Å². The molecule has 0 aliphatic carbocycles. The Morgan fingerprint density at radius 1 is 0.673 bits per heavy atom. The quantitative estimate of drug-likeness (QED) is 0.0211. The summed E-state index contributed by atoms with van der Waals surface area (Å²) in [5, 5.41) is 0. The van der Waals surface area contributed by atoms with Crippen LogP contribution in [0.1, 0.15) is 181 Å². The van der Waals surface area contributed by atoms with Gasteiger partial charge < -0.3 is 24.0 Å². The molecule has 1 fully saturated rings. The van der Waals surface area contributed by atoms with Crippen LogP contribution < -0.4 is 0 Å². The average molecular weight is 755 g/mol. The number of hydrogen-bond donors (Lipinski definition) is 2. The summed E-state index contributed by atoms with van der Waals surface area (Å²) in [4.78, 5) is 43.0. The molecular formula is C42H75O9P. The predicted octanol–water partition coefficient (Wildman–Crippen LogP) is 11.4. The topological polar surface area (TPSA) is 132 Å². The molecule has 10 heteroatoms. The normalized spacial score (nSPS) is 16.8. The number of hydrogen-bond acceptors (Lipinski definition) is 7. The summed E-state index contributed by atoms with van der Waals surface area (Å²) in [7, 11) is -4.77. The fraction of sp³-hybridized carbons (Fsp3) is 0.810. The summed E-state index contributed by atoms with van der Waals surface area (Å²) in [6.07, 6.45) is 38.9. The molecule has 1 aliphatic rings. The van der Waals surface area contributed by atoms with Crippen molar-refractivity contribution in [1.82, 2.24) is 0 Å². The number of allylic oxidation sites excluding steroid dienone is 5. The molecule has 0 spiro atoms. The highest BCUT2D eigenvalue weighted by molar-refractivity contribution is 7.46. The van der Waals surface area contributed by atoms with E-state index >= 15 is 0 Å². The lowest BCUT2D eigenvalue weighted by molar-refractivity contribution is -0.161. The van der Waals surface area contributed by atoms with Crippen molar-refractivity contribution in [3.8, 4) is 0 Å². The van der Waals surface area contributed by atoms with Crippen molar-refractivity contribution >= 4 is 19.8 Å². The zero-order valence-corrected chi connectivity index (χ0v) is 34.0. The van der Waals surface area contributed by atoms with Crippen molar-refractivity contribution in [2.24, 2.45) is 5.92 Å². The van der Waals surface area contributed by atoms with Crippen LogP contribution >= 0.6 is 7.82 Å². The van der Waals surface area contributed by atoms with Crippen LogP contribution in [0.4, 0.5) is 0 Å². The third-order valence-electron chi connectivity index (χ3n) is 9.26. The first-order valence-corrected chi connectivity index (χ1v) is 22.3. The van der Waals surface area contributed by atoms with Gasteiger partial charge in [0, 0.05) is 12.8 Å². The van der Waals surface area contributed by atoms with E-state index in [2.05, 4.69) is 61.8 Å². The summed E-state index contributed by atoms with van der Waals surface area (Å²) < 4.78 is 32.1. The van der Waals surface area contributed by atoms with Crippen LogP contribution in [-0.4, -0.2) is 53.3 Å². The fourth-order valence-corrected chi connectivity index (χ4v) is 6.42. The van der Waals surface area contributed by atoms with Gasteiger partial charge in [-0.25, -0.2) is 4.57 Å². The van der Waals surface area contributed by atoms with Crippen LogP contribution in [0.2, 0.25) is 0 Å². The first-order chi connectivity index (χ1) is 25.1. The molecule has 0 radical (unpaired) electrons. The van der Waals surface area contributed by atoms with Gasteiger partial charge in [0.25, 0.3) is 0 Å². The second-order valence-electron chi connectivity index (χ2n) is 14.8. The third-order valence-corrected chi connectivity index (χ3v) is 9.75. The van der Waals surface area contributed by atoms with Crippen molar-refractivity contribution in [2.45, 2.75) is 200 Å². The molecule has 0 saturated carbocycles. The molecule has 52 heavy (non-hydrogen) atoms. The van der Waals surface area contributed by atoms with E-state index in [9.17, 15) is 14.2 Å². The van der Waals surface area contributed by atoms with Gasteiger partial charge in [-0.15, -0.1) is 0 Å². The zero-order chi connectivity index (χ0) is 38.1. The minimum Gasteiger partial charge on any atom is -0.462 e. The van der Waals surface area contributed by atoms with E-state index in [0.717, 1.165) is 50.9 Å². The van der Waals surface area contributed by atoms with Gasteiger partial charge >= 0.3 is 19.8 Å². The molecule has 0 amide bonds. The smallest absolute Gasteiger partial charge is 0.462 e. The molecule has 2 unspecified atom stereocenters. The van der Waals surface area contributed by atoms with Gasteiger partial charge in [-0.2, -0.15) is 0 Å². The summed E-state index contributed by atoms with van der Waals surface area (Å²) in [5.41, 5.74) is 0. The maximum atomic E-state index is 12.4. The van der Waals surface area contributed by atoms with Gasteiger partial charge in [0.15, 0.2) is 6.10 Å². The number of unbranched alkanes of at least 4 members (excludes halogenated alkanes) is 15. The Balaban J connectivity index is 2.12. The number of carbonyl (C=O) groups is 2. The number of rotatable bonds is 36. The van der Waals surface area contributed by atoms with E-state index in [1.165, 1.54) is 89.9 Å². The molecule has 1 rings (SSSR count). The summed E-state index contributed by atoms with van der Waals surface area (Å²) in [6.45, 7) is 5.93. The fourth-order valence-electron chi connectivity index (χ4n) is 6.06. The number of esters is 2. The van der Waals surface area contributed by atoms with E-state index in [4.69, 9.17) is 24.0 Å². The van der Waals surface area contributed by atoms with Crippen LogP contribution in [0.15, 0.2) is 36.5 Å². The second kappa shape index (κ2) is 32.6. The van der Waals surface area contributed by atoms with Gasteiger partial charge in [0.2, 0.25) is 0 Å². The number of phosphoric acid groups is 1. The van der Waals surface area contributed by atoms with Crippen LogP contribution in [0.25, 0.3) is 0 Å². The van der Waals surface area contributed by atoms with Crippen molar-refractivity contribution in [3.63, 3.8) is 0 Å². The Morgan fingerprint density at radius 2 is 1.23 bits per heavy atom. The second-order valence-corrected chi connectivity index (χ2v) is 16.1. The predicted molar refractivity (Wildman–Crippen MR) is 211 cm³/mol. The highest BCUT2D eigenvalue weighted by Gasteiger charge is 2.36. The molecular weight excluding hydrogens is 679 g/mol. The number of epoxide rings is 1. The van der Waals surface area contributed by atoms with Crippen molar-refractivity contribution in [2.75, 3.05) is 13.2 Å². The van der Waals surface area contributed by atoms with Crippen molar-refractivity contribution in [3.05, 3.63) is 36.5 Å². The van der Waals surface area contributed by atoms with Gasteiger partial charge in [-0.3, -0.25) is 14.1 Å². The molecule has 9 nitrogen and oxygen atoms in total. The SMILES string of the molecule is CCCCC/C=C\C/C=C\C/C=C\CC1OC1CCCC(=O)OC[C@H](COP(=O)(O)O)OC(=O)CCCCCCCCCCCCCCCC(C)C. The molecule has 0 bridgehead atoms. The number of ether oxygens (including phenoxy) is 3. The zero-order valence-electron chi connectivity index (χ0n) is 33.1. The Bertz CT molecular complexity index is 1020. The molecule has 3 atom stereocenters. The van der Waals surface area contributed by atoms with Crippen LogP contribution in [0, 0.1) is 5.92 Å². The van der Waals surface area contributed by atoms with Crippen LogP contribution in [0.5, 0.6) is 0 Å². The Hall–Kier alpha value is -1.77. The van der Waals surface area contributed by atoms with E-state index in [0.29, 0.717) is 12.8 Å².